The standard InChI is InChI=1S/C8H6O4.C6H8O2/c9-7(10)5-3-1-2-4-6(5)8(11)12;7-5-3-1-2-4-6(5)8/h1-4H,(H,9,10)(H,11,12);1-4H2. The number of hydrogen-bond acceptors (Lipinski definition) is 4. The number of carbonyl (C=O) groups excluding carboxylic acids is 2. The molecule has 0 amide bonds. The molecule has 0 saturated heterocycles. The van der Waals surface area contributed by atoms with Crippen LogP contribution < -0.4 is 0 Å². The molecule has 0 aliphatic heterocycles. The summed E-state index contributed by atoms with van der Waals surface area (Å²) >= 11 is 0. The van der Waals surface area contributed by atoms with Gasteiger partial charge in [0, 0.05) is 12.8 Å². The molecule has 0 atom stereocenters. The minimum Gasteiger partial charge on any atom is -0.478 e. The van der Waals surface area contributed by atoms with Crippen LogP contribution in [0.3, 0.4) is 0 Å². The Balaban J connectivity index is 0.000000217. The Hall–Kier alpha value is -2.50. The molecule has 1 aromatic carbocycles. The lowest BCUT2D eigenvalue weighted by molar-refractivity contribution is -0.137. The molecule has 106 valence electrons. The van der Waals surface area contributed by atoms with Gasteiger partial charge in [-0.15, -0.1) is 0 Å². The number of benzene rings is 1. The molecule has 0 unspecified atom stereocenters. The van der Waals surface area contributed by atoms with Crippen LogP contribution >= 0.6 is 0 Å². The van der Waals surface area contributed by atoms with Gasteiger partial charge >= 0.3 is 11.9 Å². The van der Waals surface area contributed by atoms with Gasteiger partial charge in [0.05, 0.1) is 11.1 Å². The van der Waals surface area contributed by atoms with Crippen molar-refractivity contribution >= 4 is 23.5 Å². The number of carboxylic acid groups (broad SMARTS) is 2. The summed E-state index contributed by atoms with van der Waals surface area (Å²) < 4.78 is 0. The molecule has 6 nitrogen and oxygen atoms in total. The van der Waals surface area contributed by atoms with Crippen molar-refractivity contribution in [2.75, 3.05) is 0 Å². The Kier molecular flexibility index (Phi) is 5.58. The molecular formula is C14H14O6. The zero-order valence-electron chi connectivity index (χ0n) is 10.7. The van der Waals surface area contributed by atoms with E-state index in [-0.39, 0.29) is 22.7 Å². The second-order valence-corrected chi connectivity index (χ2v) is 4.21. The third-order valence-electron chi connectivity index (χ3n) is 2.76. The van der Waals surface area contributed by atoms with Crippen molar-refractivity contribution in [2.45, 2.75) is 25.7 Å². The van der Waals surface area contributed by atoms with E-state index in [9.17, 15) is 19.2 Å². The molecule has 1 aromatic rings. The topological polar surface area (TPSA) is 109 Å². The zero-order chi connectivity index (χ0) is 15.1. The van der Waals surface area contributed by atoms with Gasteiger partial charge in [-0.1, -0.05) is 12.1 Å². The van der Waals surface area contributed by atoms with Crippen LogP contribution in [0.1, 0.15) is 46.4 Å². The highest BCUT2D eigenvalue weighted by atomic mass is 16.4. The highest BCUT2D eigenvalue weighted by molar-refractivity contribution is 6.37. The number of aromatic carboxylic acids is 2. The quantitative estimate of drug-likeness (QED) is 0.798. The molecule has 0 spiro atoms. The SMILES string of the molecule is O=C(O)c1ccccc1C(=O)O.O=C1CCCCC1=O. The first-order valence-corrected chi connectivity index (χ1v) is 6.05. The molecule has 2 N–H and O–H groups in total. The van der Waals surface area contributed by atoms with Crippen molar-refractivity contribution in [3.8, 4) is 0 Å². The lowest BCUT2D eigenvalue weighted by atomic mass is 9.98. The van der Waals surface area contributed by atoms with E-state index in [4.69, 9.17) is 10.2 Å². The van der Waals surface area contributed by atoms with Crippen molar-refractivity contribution in [1.82, 2.24) is 0 Å². The summed E-state index contributed by atoms with van der Waals surface area (Å²) in [6, 6.07) is 5.48. The summed E-state index contributed by atoms with van der Waals surface area (Å²) in [6.45, 7) is 0. The second-order valence-electron chi connectivity index (χ2n) is 4.21. The Morgan fingerprint density at radius 1 is 0.800 bits per heavy atom. The number of hydrogen-bond donors (Lipinski definition) is 2. The third kappa shape index (κ3) is 4.31. The first-order valence-electron chi connectivity index (χ1n) is 6.05. The van der Waals surface area contributed by atoms with Gasteiger partial charge in [0.2, 0.25) is 0 Å². The Labute approximate surface area is 115 Å². The summed E-state index contributed by atoms with van der Waals surface area (Å²) in [5.74, 6) is -2.80. The fraction of sp³-hybridized carbons (Fsp3) is 0.286. The molecule has 0 bridgehead atoms. The number of carboxylic acids is 2. The molecule has 1 saturated carbocycles. The molecule has 0 radical (unpaired) electrons. The smallest absolute Gasteiger partial charge is 0.336 e. The van der Waals surface area contributed by atoms with Crippen LogP contribution in [0, 0.1) is 0 Å². The van der Waals surface area contributed by atoms with Crippen LogP contribution in [0.5, 0.6) is 0 Å². The van der Waals surface area contributed by atoms with Gasteiger partial charge in [-0.05, 0) is 25.0 Å². The summed E-state index contributed by atoms with van der Waals surface area (Å²) in [5, 5.41) is 17.1. The van der Waals surface area contributed by atoms with E-state index in [0.29, 0.717) is 12.8 Å². The lowest BCUT2D eigenvalue weighted by Crippen LogP contribution is -2.17. The van der Waals surface area contributed by atoms with Crippen LogP contribution in [0.25, 0.3) is 0 Å². The molecule has 1 fully saturated rings. The summed E-state index contributed by atoms with van der Waals surface area (Å²) in [4.78, 5) is 41.8. The number of carbonyl (C=O) groups is 4. The summed E-state index contributed by atoms with van der Waals surface area (Å²) in [5.41, 5.74) is -0.380. The van der Waals surface area contributed by atoms with Crippen LogP contribution in [-0.4, -0.2) is 33.7 Å². The molecule has 1 aliphatic carbocycles. The molecule has 0 aromatic heterocycles. The Morgan fingerprint density at radius 3 is 1.40 bits per heavy atom. The van der Waals surface area contributed by atoms with E-state index in [1.165, 1.54) is 24.3 Å². The predicted octanol–water partition coefficient (Wildman–Crippen LogP) is 1.78. The molecule has 6 heteroatoms. The number of rotatable bonds is 2. The van der Waals surface area contributed by atoms with Crippen molar-refractivity contribution < 1.29 is 29.4 Å². The maximum atomic E-state index is 10.5. The first-order chi connectivity index (χ1) is 9.43. The lowest BCUT2D eigenvalue weighted by Gasteiger charge is -2.04. The van der Waals surface area contributed by atoms with E-state index in [0.717, 1.165) is 12.8 Å². The molecular weight excluding hydrogens is 264 g/mol. The van der Waals surface area contributed by atoms with Gasteiger partial charge in [-0.3, -0.25) is 9.59 Å². The monoisotopic (exact) mass is 278 g/mol. The molecule has 1 aliphatic rings. The van der Waals surface area contributed by atoms with E-state index < -0.39 is 11.9 Å². The van der Waals surface area contributed by atoms with Crippen molar-refractivity contribution in [3.63, 3.8) is 0 Å². The average Bonchev–Trinajstić information content (AvgIpc) is 2.43. The second kappa shape index (κ2) is 7.18. The van der Waals surface area contributed by atoms with Gasteiger partial charge in [-0.25, -0.2) is 9.59 Å². The highest BCUT2D eigenvalue weighted by Gasteiger charge is 2.17. The van der Waals surface area contributed by atoms with Crippen LogP contribution in [-0.2, 0) is 9.59 Å². The maximum Gasteiger partial charge on any atom is 0.336 e. The predicted molar refractivity (Wildman–Crippen MR) is 68.8 cm³/mol. The van der Waals surface area contributed by atoms with Crippen molar-refractivity contribution in [1.29, 1.82) is 0 Å². The van der Waals surface area contributed by atoms with E-state index in [1.807, 2.05) is 0 Å². The number of Topliss-reactive ketones (excluding diaryl/α,β-unsaturated/α-hetero) is 2. The fourth-order valence-electron chi connectivity index (χ4n) is 1.71. The van der Waals surface area contributed by atoms with Gasteiger partial charge in [0.1, 0.15) is 0 Å². The first kappa shape index (κ1) is 15.6. The molecule has 2 rings (SSSR count). The van der Waals surface area contributed by atoms with Gasteiger partial charge in [-0.2, -0.15) is 0 Å². The van der Waals surface area contributed by atoms with Crippen LogP contribution in [0.4, 0.5) is 0 Å². The van der Waals surface area contributed by atoms with Gasteiger partial charge in [0.15, 0.2) is 11.6 Å². The Morgan fingerprint density at radius 2 is 1.15 bits per heavy atom. The van der Waals surface area contributed by atoms with Crippen molar-refractivity contribution in [3.05, 3.63) is 35.4 Å². The van der Waals surface area contributed by atoms with Crippen molar-refractivity contribution in [2.24, 2.45) is 0 Å². The molecule has 20 heavy (non-hydrogen) atoms. The highest BCUT2D eigenvalue weighted by Crippen LogP contribution is 2.09. The van der Waals surface area contributed by atoms with E-state index in [1.54, 1.807) is 0 Å². The Bertz CT molecular complexity index is 497. The number of ketones is 2. The average molecular weight is 278 g/mol. The van der Waals surface area contributed by atoms with Crippen LogP contribution in [0.15, 0.2) is 24.3 Å². The third-order valence-corrected chi connectivity index (χ3v) is 2.76. The van der Waals surface area contributed by atoms with E-state index >= 15 is 0 Å². The normalized spacial score (nSPS) is 14.2. The fourth-order valence-corrected chi connectivity index (χ4v) is 1.71. The van der Waals surface area contributed by atoms with E-state index in [2.05, 4.69) is 0 Å². The largest absolute Gasteiger partial charge is 0.478 e. The summed E-state index contributed by atoms with van der Waals surface area (Å²) in [7, 11) is 0. The minimum atomic E-state index is -1.23. The van der Waals surface area contributed by atoms with Gasteiger partial charge < -0.3 is 10.2 Å². The van der Waals surface area contributed by atoms with Crippen LogP contribution in [0.2, 0.25) is 0 Å². The summed E-state index contributed by atoms with van der Waals surface area (Å²) in [6.07, 6.45) is 2.78. The maximum absolute atomic E-state index is 10.5. The molecule has 0 heterocycles. The zero-order valence-corrected chi connectivity index (χ0v) is 10.7. The minimum absolute atomic E-state index is 0.170. The van der Waals surface area contributed by atoms with Gasteiger partial charge in [0.25, 0.3) is 0 Å².